The Hall–Kier alpha value is -3.06. The van der Waals surface area contributed by atoms with E-state index in [1.165, 1.54) is 6.07 Å². The summed E-state index contributed by atoms with van der Waals surface area (Å²) in [6.45, 7) is 5.41. The van der Waals surface area contributed by atoms with Crippen molar-refractivity contribution in [1.82, 2.24) is 15.0 Å². The molecule has 6 nitrogen and oxygen atoms in total. The number of carbonyl (C=O) groups is 1. The van der Waals surface area contributed by atoms with Gasteiger partial charge in [-0.25, -0.2) is 9.07 Å². The fourth-order valence-electron chi connectivity index (χ4n) is 4.88. The number of halogens is 1. The molecule has 1 fully saturated rings. The van der Waals surface area contributed by atoms with Crippen LogP contribution in [0.4, 0.5) is 10.1 Å². The average Bonchev–Trinajstić information content (AvgIpc) is 3.27. The first-order chi connectivity index (χ1) is 14.7. The maximum Gasteiger partial charge on any atom is 0.235 e. The van der Waals surface area contributed by atoms with Gasteiger partial charge < -0.3 is 10.4 Å². The lowest BCUT2D eigenvalue weighted by atomic mass is 9.66. The molecule has 0 bridgehead atoms. The van der Waals surface area contributed by atoms with Gasteiger partial charge in [0.1, 0.15) is 5.82 Å². The van der Waals surface area contributed by atoms with Gasteiger partial charge in [0.15, 0.2) is 0 Å². The topological polar surface area (TPSA) is 80.0 Å². The molecule has 0 unspecified atom stereocenters. The van der Waals surface area contributed by atoms with Crippen molar-refractivity contribution >= 4 is 11.6 Å². The predicted octanol–water partition coefficient (Wildman–Crippen LogP) is 4.21. The second kappa shape index (κ2) is 6.72. The Kier molecular flexibility index (Phi) is 4.31. The minimum atomic E-state index is -0.719. The highest BCUT2D eigenvalue weighted by molar-refractivity contribution is 6.07. The fraction of sp³-hybridized carbons (Fsp3) is 0.375. The quantitative estimate of drug-likeness (QED) is 0.651. The van der Waals surface area contributed by atoms with Crippen LogP contribution in [-0.4, -0.2) is 31.6 Å². The third-order valence-corrected chi connectivity index (χ3v) is 6.91. The standard InChI is InChI=1S/C24H25FN4O2/c1-14-13-29(28-27-14)17-11-18(15(2)20(25)12-17)16-4-5-19-21(10-16)26-22(30)24(19)8-6-23(3,31)7-9-24/h4-5,10-13,31H,6-9H2,1-3H3,(H,26,30). The fourth-order valence-corrected chi connectivity index (χ4v) is 4.88. The van der Waals surface area contributed by atoms with Gasteiger partial charge in [0, 0.05) is 5.69 Å². The number of nitrogens with zero attached hydrogens (tertiary/aromatic N) is 3. The number of carbonyl (C=O) groups excluding carboxylic acids is 1. The van der Waals surface area contributed by atoms with Crippen LogP contribution in [0.5, 0.6) is 0 Å². The van der Waals surface area contributed by atoms with Gasteiger partial charge in [-0.15, -0.1) is 5.10 Å². The highest BCUT2D eigenvalue weighted by atomic mass is 19.1. The SMILES string of the molecule is Cc1cn(-c2cc(F)c(C)c(-c3ccc4c(c3)NC(=O)C43CCC(C)(O)CC3)c2)nn1. The monoisotopic (exact) mass is 420 g/mol. The molecule has 31 heavy (non-hydrogen) atoms. The first kappa shape index (κ1) is 19.9. The smallest absolute Gasteiger partial charge is 0.235 e. The molecule has 5 rings (SSSR count). The Morgan fingerprint density at radius 3 is 2.55 bits per heavy atom. The summed E-state index contributed by atoms with van der Waals surface area (Å²) in [5, 5.41) is 21.4. The van der Waals surface area contributed by atoms with Crippen LogP contribution < -0.4 is 5.32 Å². The van der Waals surface area contributed by atoms with Crippen molar-refractivity contribution < 1.29 is 14.3 Å². The third-order valence-electron chi connectivity index (χ3n) is 6.91. The molecule has 1 spiro atoms. The van der Waals surface area contributed by atoms with Crippen LogP contribution in [-0.2, 0) is 10.2 Å². The van der Waals surface area contributed by atoms with Crippen molar-refractivity contribution in [2.24, 2.45) is 0 Å². The molecule has 2 aromatic carbocycles. The van der Waals surface area contributed by atoms with E-state index in [0.29, 0.717) is 36.9 Å². The molecule has 2 heterocycles. The zero-order valence-corrected chi connectivity index (χ0v) is 17.9. The Bertz CT molecular complexity index is 1200. The molecule has 1 aromatic heterocycles. The molecule has 1 aliphatic heterocycles. The molecule has 1 saturated carbocycles. The lowest BCUT2D eigenvalue weighted by Gasteiger charge is -2.39. The number of aryl methyl sites for hydroxylation is 1. The molecular formula is C24H25FN4O2. The molecule has 2 aliphatic rings. The zero-order chi connectivity index (χ0) is 22.0. The van der Waals surface area contributed by atoms with Gasteiger partial charge in [0.2, 0.25) is 5.91 Å². The number of fused-ring (bicyclic) bond motifs is 2. The normalized spacial score (nSPS) is 25.0. The van der Waals surface area contributed by atoms with Gasteiger partial charge in [-0.1, -0.05) is 17.3 Å². The Morgan fingerprint density at radius 2 is 1.87 bits per heavy atom. The molecule has 1 aliphatic carbocycles. The van der Waals surface area contributed by atoms with E-state index in [9.17, 15) is 14.3 Å². The second-order valence-corrected chi connectivity index (χ2v) is 9.20. The van der Waals surface area contributed by atoms with Crippen LogP contribution in [0.3, 0.4) is 0 Å². The molecule has 0 radical (unpaired) electrons. The number of anilines is 1. The van der Waals surface area contributed by atoms with Gasteiger partial charge >= 0.3 is 0 Å². The Morgan fingerprint density at radius 1 is 1.13 bits per heavy atom. The van der Waals surface area contributed by atoms with Crippen LogP contribution in [0.15, 0.2) is 36.5 Å². The summed E-state index contributed by atoms with van der Waals surface area (Å²) in [5.41, 5.74) is 3.88. The van der Waals surface area contributed by atoms with E-state index in [1.54, 1.807) is 17.8 Å². The number of hydrogen-bond donors (Lipinski definition) is 2. The van der Waals surface area contributed by atoms with Crippen molar-refractivity contribution in [3.63, 3.8) is 0 Å². The first-order valence-corrected chi connectivity index (χ1v) is 10.6. The Balaban J connectivity index is 1.56. The maximum absolute atomic E-state index is 14.8. The third kappa shape index (κ3) is 3.15. The number of benzene rings is 2. The first-order valence-electron chi connectivity index (χ1n) is 10.6. The van der Waals surface area contributed by atoms with Crippen LogP contribution in [0, 0.1) is 19.7 Å². The number of aliphatic hydroxyl groups is 1. The summed E-state index contributed by atoms with van der Waals surface area (Å²) in [4.78, 5) is 13.0. The van der Waals surface area contributed by atoms with Crippen LogP contribution >= 0.6 is 0 Å². The maximum atomic E-state index is 14.8. The van der Waals surface area contributed by atoms with Gasteiger partial charge in [-0.3, -0.25) is 4.79 Å². The van der Waals surface area contributed by atoms with Gasteiger partial charge in [0.05, 0.1) is 28.6 Å². The van der Waals surface area contributed by atoms with Gasteiger partial charge in [0.25, 0.3) is 0 Å². The summed E-state index contributed by atoms with van der Waals surface area (Å²) in [6.07, 6.45) is 4.16. The number of amides is 1. The van der Waals surface area contributed by atoms with Crippen LogP contribution in [0.2, 0.25) is 0 Å². The lowest BCUT2D eigenvalue weighted by molar-refractivity contribution is -0.123. The Labute approximate surface area is 180 Å². The molecule has 0 atom stereocenters. The number of aromatic nitrogens is 3. The summed E-state index contributed by atoms with van der Waals surface area (Å²) in [5.74, 6) is -0.332. The van der Waals surface area contributed by atoms with Crippen molar-refractivity contribution in [2.75, 3.05) is 5.32 Å². The number of hydrogen-bond acceptors (Lipinski definition) is 4. The highest BCUT2D eigenvalue weighted by Crippen LogP contribution is 2.50. The van der Waals surface area contributed by atoms with E-state index in [1.807, 2.05) is 38.1 Å². The highest BCUT2D eigenvalue weighted by Gasteiger charge is 2.50. The molecule has 2 N–H and O–H groups in total. The lowest BCUT2D eigenvalue weighted by Crippen LogP contribution is -2.43. The summed E-state index contributed by atoms with van der Waals surface area (Å²) < 4.78 is 16.3. The van der Waals surface area contributed by atoms with Crippen molar-refractivity contribution in [3.8, 4) is 16.8 Å². The minimum Gasteiger partial charge on any atom is -0.390 e. The second-order valence-electron chi connectivity index (χ2n) is 9.20. The number of rotatable bonds is 2. The summed E-state index contributed by atoms with van der Waals surface area (Å²) in [6, 6.07) is 9.19. The molecule has 7 heteroatoms. The molecule has 1 amide bonds. The largest absolute Gasteiger partial charge is 0.390 e. The van der Waals surface area contributed by atoms with Crippen LogP contribution in [0.25, 0.3) is 16.8 Å². The average molecular weight is 420 g/mol. The van der Waals surface area contributed by atoms with Crippen molar-refractivity contribution in [3.05, 3.63) is 59.2 Å². The molecular weight excluding hydrogens is 395 g/mol. The zero-order valence-electron chi connectivity index (χ0n) is 17.9. The van der Waals surface area contributed by atoms with Crippen molar-refractivity contribution in [1.29, 1.82) is 0 Å². The summed E-state index contributed by atoms with van der Waals surface area (Å²) >= 11 is 0. The van der Waals surface area contributed by atoms with Crippen molar-refractivity contribution in [2.45, 2.75) is 57.5 Å². The summed E-state index contributed by atoms with van der Waals surface area (Å²) in [7, 11) is 0. The van der Waals surface area contributed by atoms with E-state index < -0.39 is 11.0 Å². The van der Waals surface area contributed by atoms with Gasteiger partial charge in [-0.2, -0.15) is 0 Å². The van der Waals surface area contributed by atoms with E-state index in [0.717, 1.165) is 28.1 Å². The van der Waals surface area contributed by atoms with Gasteiger partial charge in [-0.05, 0) is 86.9 Å². The molecule has 3 aromatic rings. The minimum absolute atomic E-state index is 0.00936. The molecule has 0 saturated heterocycles. The van der Waals surface area contributed by atoms with E-state index in [4.69, 9.17) is 0 Å². The van der Waals surface area contributed by atoms with E-state index >= 15 is 0 Å². The predicted molar refractivity (Wildman–Crippen MR) is 116 cm³/mol. The van der Waals surface area contributed by atoms with E-state index in [2.05, 4.69) is 15.6 Å². The van der Waals surface area contributed by atoms with E-state index in [-0.39, 0.29) is 11.7 Å². The number of nitrogens with one attached hydrogen (secondary N) is 1. The van der Waals surface area contributed by atoms with Crippen LogP contribution in [0.1, 0.15) is 49.4 Å². The molecule has 160 valence electrons.